The molecule has 0 spiro atoms. The molecule has 0 saturated carbocycles. The number of benzene rings is 2. The van der Waals surface area contributed by atoms with Crippen LogP contribution in [0.5, 0.6) is 11.5 Å². The molecule has 0 aliphatic rings. The molecule has 3 N–H and O–H groups in total. The highest BCUT2D eigenvalue weighted by Gasteiger charge is 2.11. The van der Waals surface area contributed by atoms with Crippen molar-refractivity contribution >= 4 is 23.1 Å². The first-order valence-electron chi connectivity index (χ1n) is 15.2. The van der Waals surface area contributed by atoms with Gasteiger partial charge < -0.3 is 24.4 Å². The zero-order chi connectivity index (χ0) is 28.3. The molecule has 5 aromatic rings. The number of ether oxygens (including phenoxy) is 2. The monoisotopic (exact) mass is 549 g/mol. The van der Waals surface area contributed by atoms with Gasteiger partial charge in [-0.3, -0.25) is 0 Å². The van der Waals surface area contributed by atoms with Crippen molar-refractivity contribution in [3.05, 3.63) is 94.8 Å². The van der Waals surface area contributed by atoms with Gasteiger partial charge in [-0.05, 0) is 60.9 Å². The van der Waals surface area contributed by atoms with Crippen LogP contribution in [0, 0.1) is 0 Å². The fourth-order valence-corrected chi connectivity index (χ4v) is 5.28. The highest BCUT2D eigenvalue weighted by Crippen LogP contribution is 2.31. The Morgan fingerprint density at radius 3 is 2.27 bits per heavy atom. The second kappa shape index (κ2) is 14.5. The molecule has 0 aliphatic carbocycles. The van der Waals surface area contributed by atoms with Crippen molar-refractivity contribution in [3.63, 3.8) is 0 Å². The Bertz CT molecular complexity index is 1620. The van der Waals surface area contributed by atoms with Crippen molar-refractivity contribution in [1.82, 2.24) is 15.0 Å². The number of rotatable bonds is 15. The number of fused-ring (bicyclic) bond motifs is 1. The largest absolute Gasteiger partial charge is 0.494 e. The molecular weight excluding hydrogens is 506 g/mol. The summed E-state index contributed by atoms with van der Waals surface area (Å²) >= 11 is 0. The summed E-state index contributed by atoms with van der Waals surface area (Å²) in [6.07, 6.45) is 16.3. The van der Waals surface area contributed by atoms with Gasteiger partial charge in [0.05, 0.1) is 24.2 Å². The zero-order valence-corrected chi connectivity index (χ0v) is 24.5. The van der Waals surface area contributed by atoms with Crippen molar-refractivity contribution in [2.75, 3.05) is 7.11 Å². The van der Waals surface area contributed by atoms with Gasteiger partial charge in [0.1, 0.15) is 18.1 Å². The summed E-state index contributed by atoms with van der Waals surface area (Å²) in [6, 6.07) is 24.8. The Kier molecular flexibility index (Phi) is 10.0. The van der Waals surface area contributed by atoms with Crippen molar-refractivity contribution in [3.8, 4) is 22.9 Å². The average molecular weight is 550 g/mol. The number of nitrogens with one attached hydrogen (secondary N) is 3. The molecule has 0 saturated heterocycles. The average Bonchev–Trinajstić information content (AvgIpc) is 3.74. The number of unbranched alkanes of at least 4 members (excludes halogenated alkanes) is 8. The summed E-state index contributed by atoms with van der Waals surface area (Å²) in [5.41, 5.74) is 5.13. The topological polar surface area (TPSA) is 65.8 Å². The second-order valence-corrected chi connectivity index (χ2v) is 10.9. The zero-order valence-electron chi connectivity index (χ0n) is 24.5. The summed E-state index contributed by atoms with van der Waals surface area (Å²) in [5.74, 6) is 1.66. The maximum absolute atomic E-state index is 6.03. The van der Waals surface area contributed by atoms with Gasteiger partial charge in [-0.1, -0.05) is 88.3 Å². The normalized spacial score (nSPS) is 12.4. The summed E-state index contributed by atoms with van der Waals surface area (Å²) in [5, 5.41) is 3.33. The Labute approximate surface area is 243 Å². The molecule has 3 aromatic heterocycles. The maximum Gasteiger partial charge on any atom is 0.144 e. The standard InChI is InChI=1S/C36H43N3O2/c1-3-4-5-6-7-8-9-10-14-17-29-18-19-30(37-29)24-35-36(40-2)25-34(39-35)33-23-28-22-31(20-21-32(28)38-33)41-26-27-15-12-11-13-16-27/h11-13,15-25,37-39H,3-10,14,26H2,1-2H3. The molecule has 214 valence electrons. The van der Waals surface area contributed by atoms with E-state index < -0.39 is 0 Å². The Balaban J connectivity index is 1.22. The quantitative estimate of drug-likeness (QED) is 0.115. The van der Waals surface area contributed by atoms with Crippen LogP contribution in [0.1, 0.15) is 76.0 Å². The molecule has 3 heterocycles. The molecule has 0 radical (unpaired) electrons. The van der Waals surface area contributed by atoms with E-state index in [2.05, 4.69) is 76.5 Å². The summed E-state index contributed by atoms with van der Waals surface area (Å²) in [6.45, 7) is 2.82. The van der Waals surface area contributed by atoms with Gasteiger partial charge in [0.25, 0.3) is 0 Å². The number of methoxy groups -OCH3 is 1. The van der Waals surface area contributed by atoms with E-state index in [1.165, 1.54) is 56.7 Å². The molecule has 0 unspecified atom stereocenters. The van der Waals surface area contributed by atoms with Crippen LogP contribution < -0.4 is 20.2 Å². The summed E-state index contributed by atoms with van der Waals surface area (Å²) in [7, 11) is 1.71. The molecular formula is C36H43N3O2. The van der Waals surface area contributed by atoms with Crippen LogP contribution in [0.15, 0.2) is 72.8 Å². The fraction of sp³-hybridized carbons (Fsp3) is 0.333. The lowest BCUT2D eigenvalue weighted by atomic mass is 10.1. The third-order valence-electron chi connectivity index (χ3n) is 7.61. The second-order valence-electron chi connectivity index (χ2n) is 10.9. The van der Waals surface area contributed by atoms with E-state index in [1.807, 2.05) is 30.3 Å². The molecule has 41 heavy (non-hydrogen) atoms. The highest BCUT2D eigenvalue weighted by molar-refractivity contribution is 5.87. The molecule has 0 fully saturated rings. The van der Waals surface area contributed by atoms with Crippen LogP contribution in [-0.4, -0.2) is 22.1 Å². The smallest absolute Gasteiger partial charge is 0.144 e. The first kappa shape index (κ1) is 28.4. The predicted molar refractivity (Wildman–Crippen MR) is 171 cm³/mol. The maximum atomic E-state index is 6.03. The van der Waals surface area contributed by atoms with Crippen LogP contribution in [0.25, 0.3) is 34.4 Å². The minimum absolute atomic E-state index is 0.550. The molecule has 0 bridgehead atoms. The summed E-state index contributed by atoms with van der Waals surface area (Å²) in [4.78, 5) is 10.6. The van der Waals surface area contributed by atoms with Crippen LogP contribution >= 0.6 is 0 Å². The number of hydrogen-bond acceptors (Lipinski definition) is 2. The van der Waals surface area contributed by atoms with Crippen LogP contribution in [0.2, 0.25) is 0 Å². The van der Waals surface area contributed by atoms with Gasteiger partial charge in [0, 0.05) is 27.7 Å². The lowest BCUT2D eigenvalue weighted by Crippen LogP contribution is -2.09. The van der Waals surface area contributed by atoms with Crippen LogP contribution in [0.3, 0.4) is 0 Å². The van der Waals surface area contributed by atoms with Crippen molar-refractivity contribution < 1.29 is 9.47 Å². The van der Waals surface area contributed by atoms with E-state index >= 15 is 0 Å². The Hall–Kier alpha value is -4.12. The van der Waals surface area contributed by atoms with E-state index in [9.17, 15) is 0 Å². The van der Waals surface area contributed by atoms with Crippen LogP contribution in [0.4, 0.5) is 0 Å². The molecule has 5 nitrogen and oxygen atoms in total. The highest BCUT2D eigenvalue weighted by atomic mass is 16.5. The fourth-order valence-electron chi connectivity index (χ4n) is 5.28. The molecule has 0 aliphatic heterocycles. The lowest BCUT2D eigenvalue weighted by Gasteiger charge is -2.06. The van der Waals surface area contributed by atoms with E-state index in [0.29, 0.717) is 6.61 Å². The third-order valence-corrected chi connectivity index (χ3v) is 7.61. The number of aromatic amines is 3. The number of aromatic nitrogens is 3. The van der Waals surface area contributed by atoms with Gasteiger partial charge in [-0.2, -0.15) is 0 Å². The van der Waals surface area contributed by atoms with Gasteiger partial charge in [0.2, 0.25) is 0 Å². The van der Waals surface area contributed by atoms with Crippen LogP contribution in [-0.2, 0) is 6.61 Å². The Morgan fingerprint density at radius 1 is 0.707 bits per heavy atom. The first-order valence-corrected chi connectivity index (χ1v) is 15.2. The van der Waals surface area contributed by atoms with Gasteiger partial charge in [-0.15, -0.1) is 0 Å². The number of H-pyrrole nitrogens is 3. The minimum atomic E-state index is 0.550. The molecule has 5 rings (SSSR count). The lowest BCUT2D eigenvalue weighted by molar-refractivity contribution is 0.306. The van der Waals surface area contributed by atoms with Crippen molar-refractivity contribution in [1.29, 1.82) is 0 Å². The predicted octanol–water partition coefficient (Wildman–Crippen LogP) is 8.22. The van der Waals surface area contributed by atoms with Crippen molar-refractivity contribution in [2.24, 2.45) is 0 Å². The number of hydrogen-bond donors (Lipinski definition) is 3. The van der Waals surface area contributed by atoms with Gasteiger partial charge in [-0.25, -0.2) is 0 Å². The molecule has 5 heteroatoms. The molecule has 0 amide bonds. The minimum Gasteiger partial charge on any atom is -0.494 e. The molecule has 2 aromatic carbocycles. The van der Waals surface area contributed by atoms with E-state index in [1.54, 1.807) is 7.11 Å². The van der Waals surface area contributed by atoms with Gasteiger partial charge >= 0.3 is 0 Å². The molecule has 0 atom stereocenters. The Morgan fingerprint density at radius 2 is 1.46 bits per heavy atom. The van der Waals surface area contributed by atoms with E-state index in [4.69, 9.17) is 9.47 Å². The first-order chi connectivity index (χ1) is 20.2. The van der Waals surface area contributed by atoms with E-state index in [-0.39, 0.29) is 0 Å². The van der Waals surface area contributed by atoms with Crippen molar-refractivity contribution in [2.45, 2.75) is 71.3 Å². The van der Waals surface area contributed by atoms with E-state index in [0.717, 1.165) is 56.8 Å². The third kappa shape index (κ3) is 7.97. The SMILES string of the molecule is CCCCCCCCCCC=c1ccc(=Cc2[nH]c(-c3cc4cc(OCc5ccccc5)ccc4[nH]3)cc2OC)[nH]1. The van der Waals surface area contributed by atoms with Gasteiger partial charge in [0.15, 0.2) is 0 Å². The summed E-state index contributed by atoms with van der Waals surface area (Å²) < 4.78 is 11.7.